The number of nitrogens with zero attached hydrogens (tertiary/aromatic N) is 2. The first-order valence-corrected chi connectivity index (χ1v) is 7.95. The zero-order valence-corrected chi connectivity index (χ0v) is 14.1. The molecule has 2 aromatic carbocycles. The van der Waals surface area contributed by atoms with Gasteiger partial charge >= 0.3 is 6.03 Å². The van der Waals surface area contributed by atoms with Gasteiger partial charge in [0.15, 0.2) is 0 Å². The summed E-state index contributed by atoms with van der Waals surface area (Å²) in [4.78, 5) is 12.1. The minimum absolute atomic E-state index is 0.411. The van der Waals surface area contributed by atoms with Crippen molar-refractivity contribution in [3.05, 3.63) is 76.5 Å². The van der Waals surface area contributed by atoms with Crippen molar-refractivity contribution in [2.75, 3.05) is 10.6 Å². The lowest BCUT2D eigenvalue weighted by atomic mass is 10.2. The van der Waals surface area contributed by atoms with Crippen LogP contribution in [0.3, 0.4) is 0 Å². The molecule has 0 aliphatic heterocycles. The Morgan fingerprint density at radius 1 is 1.08 bits per heavy atom. The van der Waals surface area contributed by atoms with Crippen LogP contribution >= 0.6 is 23.2 Å². The van der Waals surface area contributed by atoms with E-state index in [2.05, 4.69) is 15.7 Å². The quantitative estimate of drug-likeness (QED) is 0.696. The second-order valence-corrected chi connectivity index (χ2v) is 5.96. The van der Waals surface area contributed by atoms with Crippen LogP contribution in [0.15, 0.2) is 60.9 Å². The third-order valence-electron chi connectivity index (χ3n) is 3.26. The fraction of sp³-hybridized carbons (Fsp3) is 0.0588. The summed E-state index contributed by atoms with van der Waals surface area (Å²) in [5.41, 5.74) is 2.15. The van der Waals surface area contributed by atoms with Crippen LogP contribution in [-0.2, 0) is 6.54 Å². The van der Waals surface area contributed by atoms with E-state index in [1.54, 1.807) is 35.3 Å². The molecule has 2 amide bonds. The molecule has 1 heterocycles. The molecule has 3 aromatic rings. The molecule has 0 saturated heterocycles. The molecule has 0 aliphatic carbocycles. The summed E-state index contributed by atoms with van der Waals surface area (Å²) >= 11 is 11.9. The number of benzene rings is 2. The SMILES string of the molecule is O=C(Nc1cnn(Cc2ccccc2)c1)Nc1cc(Cl)ccc1Cl. The monoisotopic (exact) mass is 360 g/mol. The van der Waals surface area contributed by atoms with Crippen LogP contribution < -0.4 is 10.6 Å². The fourth-order valence-corrected chi connectivity index (χ4v) is 2.50. The van der Waals surface area contributed by atoms with Gasteiger partial charge in [-0.25, -0.2) is 4.79 Å². The molecular formula is C17H14Cl2N4O. The van der Waals surface area contributed by atoms with Gasteiger partial charge in [-0.2, -0.15) is 5.10 Å². The first kappa shape index (κ1) is 16.4. The lowest BCUT2D eigenvalue weighted by Crippen LogP contribution is -2.19. The normalized spacial score (nSPS) is 10.4. The topological polar surface area (TPSA) is 59.0 Å². The van der Waals surface area contributed by atoms with Gasteiger partial charge in [0.05, 0.1) is 29.1 Å². The third-order valence-corrected chi connectivity index (χ3v) is 3.82. The summed E-state index contributed by atoms with van der Waals surface area (Å²) < 4.78 is 1.75. The van der Waals surface area contributed by atoms with Crippen LogP contribution in [-0.4, -0.2) is 15.8 Å². The molecule has 122 valence electrons. The minimum atomic E-state index is -0.418. The van der Waals surface area contributed by atoms with Gasteiger partial charge in [-0.1, -0.05) is 53.5 Å². The Bertz CT molecular complexity index is 849. The number of amides is 2. The van der Waals surface area contributed by atoms with Gasteiger partial charge in [-0.3, -0.25) is 4.68 Å². The van der Waals surface area contributed by atoms with Crippen LogP contribution in [0.1, 0.15) is 5.56 Å². The molecule has 7 heteroatoms. The van der Waals surface area contributed by atoms with Crippen LogP contribution in [0.2, 0.25) is 10.0 Å². The molecule has 2 N–H and O–H groups in total. The average Bonchev–Trinajstić information content (AvgIpc) is 2.98. The molecule has 0 spiro atoms. The number of hydrogen-bond acceptors (Lipinski definition) is 2. The third kappa shape index (κ3) is 4.28. The van der Waals surface area contributed by atoms with Crippen molar-refractivity contribution in [3.8, 4) is 0 Å². The first-order chi connectivity index (χ1) is 11.6. The molecule has 0 unspecified atom stereocenters. The highest BCUT2D eigenvalue weighted by Crippen LogP contribution is 2.25. The van der Waals surface area contributed by atoms with Gasteiger partial charge in [0.25, 0.3) is 0 Å². The van der Waals surface area contributed by atoms with Gasteiger partial charge in [-0.15, -0.1) is 0 Å². The highest BCUT2D eigenvalue weighted by atomic mass is 35.5. The number of carbonyl (C=O) groups is 1. The number of carbonyl (C=O) groups excluding carboxylic acids is 1. The molecule has 5 nitrogen and oxygen atoms in total. The predicted octanol–water partition coefficient (Wildman–Crippen LogP) is 4.88. The summed E-state index contributed by atoms with van der Waals surface area (Å²) in [6.07, 6.45) is 3.34. The molecule has 0 saturated carbocycles. The highest BCUT2D eigenvalue weighted by Gasteiger charge is 2.08. The van der Waals surface area contributed by atoms with E-state index >= 15 is 0 Å². The Balaban J connectivity index is 1.62. The number of hydrogen-bond donors (Lipinski definition) is 2. The number of aromatic nitrogens is 2. The standard InChI is InChI=1S/C17H14Cl2N4O/c18-13-6-7-15(19)16(8-13)22-17(24)21-14-9-20-23(11-14)10-12-4-2-1-3-5-12/h1-9,11H,10H2,(H2,21,22,24). The Morgan fingerprint density at radius 2 is 1.88 bits per heavy atom. The lowest BCUT2D eigenvalue weighted by Gasteiger charge is -2.08. The van der Waals surface area contributed by atoms with Crippen LogP contribution in [0, 0.1) is 0 Å². The van der Waals surface area contributed by atoms with Gasteiger partial charge in [0, 0.05) is 11.2 Å². The van der Waals surface area contributed by atoms with E-state index in [0.717, 1.165) is 5.56 Å². The number of halogens is 2. The minimum Gasteiger partial charge on any atom is -0.306 e. The van der Waals surface area contributed by atoms with Crippen molar-refractivity contribution in [2.45, 2.75) is 6.54 Å². The van der Waals surface area contributed by atoms with E-state index in [1.165, 1.54) is 0 Å². The second kappa shape index (κ2) is 7.38. The summed E-state index contributed by atoms with van der Waals surface area (Å²) in [6, 6.07) is 14.4. The second-order valence-electron chi connectivity index (χ2n) is 5.12. The molecule has 0 bridgehead atoms. The van der Waals surface area contributed by atoms with Crippen molar-refractivity contribution in [1.29, 1.82) is 0 Å². The average molecular weight is 361 g/mol. The maximum Gasteiger partial charge on any atom is 0.323 e. The predicted molar refractivity (Wildman–Crippen MR) is 96.9 cm³/mol. The van der Waals surface area contributed by atoms with Crippen LogP contribution in [0.5, 0.6) is 0 Å². The first-order valence-electron chi connectivity index (χ1n) is 7.19. The zero-order chi connectivity index (χ0) is 16.9. The Hall–Kier alpha value is -2.50. The van der Waals surface area contributed by atoms with Crippen molar-refractivity contribution in [2.24, 2.45) is 0 Å². The summed E-state index contributed by atoms with van der Waals surface area (Å²) in [6.45, 7) is 0.629. The lowest BCUT2D eigenvalue weighted by molar-refractivity contribution is 0.262. The van der Waals surface area contributed by atoms with E-state index in [0.29, 0.717) is 28.0 Å². The van der Waals surface area contributed by atoms with Crippen molar-refractivity contribution >= 4 is 40.6 Å². The Kier molecular flexibility index (Phi) is 5.03. The molecule has 0 atom stereocenters. The van der Waals surface area contributed by atoms with E-state index < -0.39 is 6.03 Å². The Morgan fingerprint density at radius 3 is 2.67 bits per heavy atom. The van der Waals surface area contributed by atoms with Crippen molar-refractivity contribution < 1.29 is 4.79 Å². The number of nitrogens with one attached hydrogen (secondary N) is 2. The molecule has 0 fully saturated rings. The summed E-state index contributed by atoms with van der Waals surface area (Å²) in [5.74, 6) is 0. The molecule has 0 radical (unpaired) electrons. The van der Waals surface area contributed by atoms with E-state index in [9.17, 15) is 4.79 Å². The van der Waals surface area contributed by atoms with Gasteiger partial charge < -0.3 is 10.6 Å². The van der Waals surface area contributed by atoms with E-state index in [4.69, 9.17) is 23.2 Å². The summed E-state index contributed by atoms with van der Waals surface area (Å²) in [5, 5.41) is 10.5. The molecule has 3 rings (SSSR count). The van der Waals surface area contributed by atoms with E-state index in [-0.39, 0.29) is 0 Å². The number of rotatable bonds is 4. The van der Waals surface area contributed by atoms with Crippen LogP contribution in [0.25, 0.3) is 0 Å². The van der Waals surface area contributed by atoms with Crippen molar-refractivity contribution in [1.82, 2.24) is 9.78 Å². The number of urea groups is 1. The molecule has 0 aliphatic rings. The Labute approximate surface area is 149 Å². The van der Waals surface area contributed by atoms with Gasteiger partial charge in [0.2, 0.25) is 0 Å². The van der Waals surface area contributed by atoms with E-state index in [1.807, 2.05) is 30.3 Å². The zero-order valence-electron chi connectivity index (χ0n) is 12.5. The van der Waals surface area contributed by atoms with Gasteiger partial charge in [0.1, 0.15) is 0 Å². The molecular weight excluding hydrogens is 347 g/mol. The van der Waals surface area contributed by atoms with Gasteiger partial charge in [-0.05, 0) is 23.8 Å². The molecule has 1 aromatic heterocycles. The number of anilines is 2. The maximum absolute atomic E-state index is 12.1. The molecule has 24 heavy (non-hydrogen) atoms. The maximum atomic E-state index is 12.1. The summed E-state index contributed by atoms with van der Waals surface area (Å²) in [7, 11) is 0. The fourth-order valence-electron chi connectivity index (χ4n) is 2.16. The van der Waals surface area contributed by atoms with Crippen molar-refractivity contribution in [3.63, 3.8) is 0 Å². The highest BCUT2D eigenvalue weighted by molar-refractivity contribution is 6.35. The van der Waals surface area contributed by atoms with Crippen LogP contribution in [0.4, 0.5) is 16.2 Å². The largest absolute Gasteiger partial charge is 0.323 e. The smallest absolute Gasteiger partial charge is 0.306 e.